The number of carbonyl (C=O) groups excluding carboxylic acids is 3. The predicted octanol–water partition coefficient (Wildman–Crippen LogP) is -1.30. The van der Waals surface area contributed by atoms with Crippen molar-refractivity contribution in [3.05, 3.63) is 0 Å². The maximum absolute atomic E-state index is 13.3. The molecule has 2 fully saturated rings. The number of aliphatic hydroxyl groups is 4. The van der Waals surface area contributed by atoms with E-state index in [0.29, 0.717) is 11.3 Å². The van der Waals surface area contributed by atoms with Gasteiger partial charge in [-0.1, -0.05) is 27.2 Å². The molecule has 27 heavy (non-hydrogen) atoms. The predicted molar refractivity (Wildman–Crippen MR) is 90.9 cm³/mol. The Labute approximate surface area is 157 Å². The first-order chi connectivity index (χ1) is 12.7. The van der Waals surface area contributed by atoms with Crippen molar-refractivity contribution in [3.63, 3.8) is 0 Å². The van der Waals surface area contributed by atoms with Crippen LogP contribution in [0.15, 0.2) is 0 Å². The monoisotopic (exact) mass is 388 g/mol. The molecule has 0 aromatic rings. The number of aliphatic hydroxyl groups excluding tert-OH is 4. The number of rotatable bonds is 6. The molecule has 0 radical (unpaired) electrons. The highest BCUT2D eigenvalue weighted by Crippen LogP contribution is 2.40. The third-order valence-electron chi connectivity index (χ3n) is 5.69. The van der Waals surface area contributed by atoms with E-state index in [4.69, 9.17) is 4.74 Å². The first-order valence-electron chi connectivity index (χ1n) is 9.16. The van der Waals surface area contributed by atoms with E-state index in [9.17, 15) is 34.8 Å². The summed E-state index contributed by atoms with van der Waals surface area (Å²) in [6.07, 6.45) is -6.70. The highest BCUT2D eigenvalue weighted by atomic mass is 16.6. The van der Waals surface area contributed by atoms with E-state index < -0.39 is 60.5 Å². The minimum atomic E-state index is -1.80. The summed E-state index contributed by atoms with van der Waals surface area (Å²) in [6.45, 7) is 4.61. The largest absolute Gasteiger partial charge is 0.394 e. The number of hydrogen-bond donors (Lipinski definition) is 5. The Bertz CT molecular complexity index is 597. The number of amides is 4. The molecule has 5 N–H and O–H groups in total. The van der Waals surface area contributed by atoms with Gasteiger partial charge in [0, 0.05) is 0 Å². The lowest BCUT2D eigenvalue weighted by atomic mass is 9.69. The van der Waals surface area contributed by atoms with Crippen LogP contribution in [0, 0.1) is 11.3 Å². The minimum absolute atomic E-state index is 0.125. The van der Waals surface area contributed by atoms with Gasteiger partial charge >= 0.3 is 6.03 Å². The molecule has 2 aliphatic heterocycles. The van der Waals surface area contributed by atoms with Crippen LogP contribution >= 0.6 is 0 Å². The van der Waals surface area contributed by atoms with Crippen LogP contribution in [0.3, 0.4) is 0 Å². The number of carbonyl (C=O) groups is 3. The molecule has 0 bridgehead atoms. The number of nitrogens with one attached hydrogen (secondary N) is 1. The van der Waals surface area contributed by atoms with Crippen LogP contribution in [0.1, 0.15) is 40.0 Å². The third kappa shape index (κ3) is 3.36. The van der Waals surface area contributed by atoms with Gasteiger partial charge in [-0.25, -0.2) is 9.69 Å². The van der Waals surface area contributed by atoms with Gasteiger partial charge in [0.2, 0.25) is 11.8 Å². The number of hydrogen-bond acceptors (Lipinski definition) is 8. The third-order valence-corrected chi connectivity index (χ3v) is 5.69. The van der Waals surface area contributed by atoms with Crippen molar-refractivity contribution in [2.75, 3.05) is 6.61 Å². The highest BCUT2D eigenvalue weighted by molar-refractivity contribution is 6.19. The zero-order valence-corrected chi connectivity index (χ0v) is 15.7. The van der Waals surface area contributed by atoms with E-state index in [1.54, 1.807) is 13.8 Å². The van der Waals surface area contributed by atoms with Gasteiger partial charge in [0.05, 0.1) is 6.61 Å². The molecule has 0 aromatic heterocycles. The molecule has 154 valence electrons. The van der Waals surface area contributed by atoms with Gasteiger partial charge < -0.3 is 25.2 Å². The molecular formula is C17H28N2O8. The number of urea groups is 1. The lowest BCUT2D eigenvalue weighted by Gasteiger charge is -2.48. The second kappa shape index (κ2) is 8.19. The van der Waals surface area contributed by atoms with Gasteiger partial charge in [-0.15, -0.1) is 0 Å². The molecular weight excluding hydrogens is 360 g/mol. The van der Waals surface area contributed by atoms with Crippen LogP contribution in [-0.2, 0) is 14.3 Å². The average molecular weight is 388 g/mol. The molecule has 2 rings (SSSR count). The number of imide groups is 2. The van der Waals surface area contributed by atoms with Crippen molar-refractivity contribution in [1.82, 2.24) is 10.2 Å². The normalized spacial score (nSPS) is 38.7. The summed E-state index contributed by atoms with van der Waals surface area (Å²) < 4.78 is 5.35. The summed E-state index contributed by atoms with van der Waals surface area (Å²) in [5.41, 5.74) is -1.53. The van der Waals surface area contributed by atoms with Crippen molar-refractivity contribution in [3.8, 4) is 0 Å². The molecule has 10 nitrogen and oxygen atoms in total. The molecule has 2 heterocycles. The first kappa shape index (κ1) is 21.7. The Morgan fingerprint density at radius 3 is 2.30 bits per heavy atom. The fourth-order valence-corrected chi connectivity index (χ4v) is 3.97. The summed E-state index contributed by atoms with van der Waals surface area (Å²) >= 11 is 0. The van der Waals surface area contributed by atoms with E-state index in [0.717, 1.165) is 6.42 Å². The van der Waals surface area contributed by atoms with Crippen LogP contribution in [0.2, 0.25) is 0 Å². The maximum atomic E-state index is 13.3. The van der Waals surface area contributed by atoms with Crippen molar-refractivity contribution in [2.24, 2.45) is 11.3 Å². The van der Waals surface area contributed by atoms with Crippen LogP contribution in [-0.4, -0.2) is 80.4 Å². The number of nitrogens with zero attached hydrogens (tertiary/aromatic N) is 1. The topological polar surface area (TPSA) is 157 Å². The van der Waals surface area contributed by atoms with Crippen LogP contribution in [0.4, 0.5) is 4.79 Å². The van der Waals surface area contributed by atoms with Gasteiger partial charge in [0.15, 0.2) is 6.23 Å². The summed E-state index contributed by atoms with van der Waals surface area (Å²) in [6, 6.07) is -1.08. The van der Waals surface area contributed by atoms with Crippen molar-refractivity contribution >= 4 is 17.8 Å². The molecule has 0 spiro atoms. The van der Waals surface area contributed by atoms with Gasteiger partial charge in [-0.2, -0.15) is 0 Å². The Balaban J connectivity index is 2.44. The van der Waals surface area contributed by atoms with Gasteiger partial charge in [0.25, 0.3) is 0 Å². The Morgan fingerprint density at radius 1 is 1.15 bits per heavy atom. The molecule has 4 amide bonds. The zero-order valence-electron chi connectivity index (χ0n) is 15.7. The fourth-order valence-electron chi connectivity index (χ4n) is 3.97. The molecule has 0 unspecified atom stereocenters. The second-order valence-electron chi connectivity index (χ2n) is 7.17. The summed E-state index contributed by atoms with van der Waals surface area (Å²) in [4.78, 5) is 38.9. The Morgan fingerprint density at radius 2 is 1.78 bits per heavy atom. The molecule has 7 atom stereocenters. The summed E-state index contributed by atoms with van der Waals surface area (Å²) in [5.74, 6) is -1.92. The quantitative estimate of drug-likeness (QED) is 0.351. The van der Waals surface area contributed by atoms with Gasteiger partial charge in [-0.3, -0.25) is 14.9 Å². The number of ether oxygens (including phenoxy) is 1. The zero-order chi connectivity index (χ0) is 20.5. The first-order valence-corrected chi connectivity index (χ1v) is 9.16. The Hall–Kier alpha value is -1.59. The SMILES string of the molecule is CCC[C@@H](C)[C@]1(CC)C(=O)NC(=O)N([C@@H]2O[C@H](CO)[C@@H](O)[C@H](O)[C@H]2O)C1=O. The van der Waals surface area contributed by atoms with E-state index >= 15 is 0 Å². The molecule has 0 saturated carbocycles. The Kier molecular flexibility index (Phi) is 6.59. The molecule has 0 aliphatic carbocycles. The summed E-state index contributed by atoms with van der Waals surface area (Å²) in [7, 11) is 0. The smallest absolute Gasteiger partial charge is 0.333 e. The van der Waals surface area contributed by atoms with Crippen LogP contribution in [0.25, 0.3) is 0 Å². The van der Waals surface area contributed by atoms with Crippen molar-refractivity contribution < 1.29 is 39.5 Å². The molecule has 2 aliphatic rings. The van der Waals surface area contributed by atoms with E-state index in [-0.39, 0.29) is 12.3 Å². The standard InChI is InChI=1S/C17H28N2O8/c1-4-6-8(3)17(5-2)14(24)18-16(26)19(15(17)25)13-12(23)11(22)10(21)9(7-20)27-13/h8-13,20-23H,4-7H2,1-3H3,(H,18,24,26)/t8-,9-,10-,11+,12-,13-,17-/m1/s1. The maximum Gasteiger partial charge on any atom is 0.333 e. The van der Waals surface area contributed by atoms with Crippen LogP contribution in [0.5, 0.6) is 0 Å². The molecule has 0 aromatic carbocycles. The second-order valence-corrected chi connectivity index (χ2v) is 7.17. The lowest BCUT2D eigenvalue weighted by Crippen LogP contribution is -2.72. The minimum Gasteiger partial charge on any atom is -0.394 e. The fraction of sp³-hybridized carbons (Fsp3) is 0.824. The highest BCUT2D eigenvalue weighted by Gasteiger charge is 2.59. The van der Waals surface area contributed by atoms with Crippen molar-refractivity contribution in [1.29, 1.82) is 0 Å². The average Bonchev–Trinajstić information content (AvgIpc) is 2.62. The van der Waals surface area contributed by atoms with Gasteiger partial charge in [-0.05, 0) is 18.8 Å². The molecule has 10 heteroatoms. The molecule has 2 saturated heterocycles. The van der Waals surface area contributed by atoms with E-state index in [1.807, 2.05) is 6.92 Å². The van der Waals surface area contributed by atoms with Gasteiger partial charge in [0.1, 0.15) is 29.8 Å². The van der Waals surface area contributed by atoms with Crippen LogP contribution < -0.4 is 5.32 Å². The number of barbiturate groups is 1. The van der Waals surface area contributed by atoms with E-state index in [2.05, 4.69) is 5.32 Å². The lowest BCUT2D eigenvalue weighted by molar-refractivity contribution is -0.258. The summed E-state index contributed by atoms with van der Waals surface area (Å²) in [5, 5.41) is 41.6. The van der Waals surface area contributed by atoms with E-state index in [1.165, 1.54) is 0 Å². The van der Waals surface area contributed by atoms with Crippen molar-refractivity contribution in [2.45, 2.75) is 70.7 Å².